The zero-order valence-corrected chi connectivity index (χ0v) is 15.4. The molecular formula is C16H17BBrN7. The summed E-state index contributed by atoms with van der Waals surface area (Å²) in [5.41, 5.74) is 9.83. The number of anilines is 1. The molecule has 0 spiro atoms. The first kappa shape index (κ1) is 16.2. The van der Waals surface area contributed by atoms with Crippen LogP contribution < -0.4 is 5.73 Å². The van der Waals surface area contributed by atoms with Crippen LogP contribution in [0.1, 0.15) is 24.5 Å². The fourth-order valence-corrected chi connectivity index (χ4v) is 4.18. The molecule has 3 aromatic heterocycles. The quantitative estimate of drug-likeness (QED) is 0.670. The van der Waals surface area contributed by atoms with Gasteiger partial charge in [-0.05, 0) is 28.3 Å². The average molecular weight is 398 g/mol. The molecule has 1 atom stereocenters. The van der Waals surface area contributed by atoms with Gasteiger partial charge in [0.25, 0.3) is 6.71 Å². The number of halogens is 1. The Balaban J connectivity index is 1.85. The number of nitriles is 1. The van der Waals surface area contributed by atoms with Crippen LogP contribution in [-0.4, -0.2) is 31.1 Å². The molecule has 25 heavy (non-hydrogen) atoms. The molecule has 1 unspecified atom stereocenters. The fraction of sp³-hybridized carbons (Fsp3) is 0.375. The van der Waals surface area contributed by atoms with E-state index in [1.165, 1.54) is 0 Å². The number of aryl methyl sites for hydroxylation is 1. The number of hydrogen-bond acceptors (Lipinski definition) is 5. The van der Waals surface area contributed by atoms with Crippen LogP contribution in [0.25, 0.3) is 16.8 Å². The number of nitrogens with zero attached hydrogens (tertiary/aromatic N) is 6. The molecule has 1 saturated heterocycles. The Kier molecular flexibility index (Phi) is 4.00. The van der Waals surface area contributed by atoms with E-state index in [0.717, 1.165) is 52.4 Å². The minimum atomic E-state index is 0.0904. The van der Waals surface area contributed by atoms with Gasteiger partial charge in [0.1, 0.15) is 5.82 Å². The molecule has 0 aliphatic carbocycles. The van der Waals surface area contributed by atoms with Gasteiger partial charge in [0.05, 0.1) is 22.6 Å². The van der Waals surface area contributed by atoms with Gasteiger partial charge < -0.3 is 5.73 Å². The summed E-state index contributed by atoms with van der Waals surface area (Å²) in [6, 6.07) is 0. The summed E-state index contributed by atoms with van der Waals surface area (Å²) in [6.07, 6.45) is 9.35. The first-order valence-corrected chi connectivity index (χ1v) is 9.09. The van der Waals surface area contributed by atoms with E-state index in [9.17, 15) is 5.26 Å². The van der Waals surface area contributed by atoms with Crippen molar-refractivity contribution in [2.45, 2.75) is 31.4 Å². The van der Waals surface area contributed by atoms with Crippen LogP contribution in [0, 0.1) is 11.2 Å². The van der Waals surface area contributed by atoms with Gasteiger partial charge in [0.2, 0.25) is 0 Å². The van der Waals surface area contributed by atoms with E-state index in [-0.39, 0.29) is 12.6 Å². The van der Waals surface area contributed by atoms with E-state index in [1.807, 2.05) is 13.2 Å². The van der Waals surface area contributed by atoms with Crippen molar-refractivity contribution < 1.29 is 0 Å². The van der Waals surface area contributed by atoms with Gasteiger partial charge in [0.15, 0.2) is 5.65 Å². The first-order valence-electron chi connectivity index (χ1n) is 8.29. The van der Waals surface area contributed by atoms with Crippen molar-refractivity contribution in [1.29, 1.82) is 5.26 Å². The van der Waals surface area contributed by atoms with Gasteiger partial charge in [-0.3, -0.25) is 4.68 Å². The Hall–Kier alpha value is -2.34. The fourth-order valence-electron chi connectivity index (χ4n) is 3.60. The van der Waals surface area contributed by atoms with Crippen LogP contribution in [0.4, 0.5) is 5.82 Å². The lowest BCUT2D eigenvalue weighted by atomic mass is 9.41. The highest BCUT2D eigenvalue weighted by Crippen LogP contribution is 2.39. The Morgan fingerprint density at radius 2 is 2.24 bits per heavy atom. The van der Waals surface area contributed by atoms with Gasteiger partial charge in [-0.1, -0.05) is 19.1 Å². The molecule has 0 bridgehead atoms. The maximum absolute atomic E-state index is 9.28. The summed E-state index contributed by atoms with van der Waals surface area (Å²) in [5, 5.41) is 17.9. The van der Waals surface area contributed by atoms with Crippen molar-refractivity contribution in [3.8, 4) is 17.1 Å². The lowest BCUT2D eigenvalue weighted by Gasteiger charge is -2.24. The molecule has 0 radical (unpaired) electrons. The monoisotopic (exact) mass is 397 g/mol. The van der Waals surface area contributed by atoms with E-state index < -0.39 is 0 Å². The minimum absolute atomic E-state index is 0.0904. The summed E-state index contributed by atoms with van der Waals surface area (Å²) in [5.74, 6) is 3.18. The van der Waals surface area contributed by atoms with E-state index in [1.54, 1.807) is 21.6 Å². The molecule has 7 nitrogen and oxygen atoms in total. The highest BCUT2D eigenvalue weighted by atomic mass is 79.9. The van der Waals surface area contributed by atoms with Crippen LogP contribution >= 0.6 is 15.9 Å². The van der Waals surface area contributed by atoms with Gasteiger partial charge in [0, 0.05) is 30.3 Å². The number of nitrogen functional groups attached to an aromatic ring is 1. The topological polar surface area (TPSA) is 97.8 Å². The largest absolute Gasteiger partial charge is 0.383 e. The maximum Gasteiger partial charge on any atom is 0.268 e. The minimum Gasteiger partial charge on any atom is -0.383 e. The highest BCUT2D eigenvalue weighted by molar-refractivity contribution is 9.10. The van der Waals surface area contributed by atoms with Crippen molar-refractivity contribution in [1.82, 2.24) is 24.4 Å². The molecule has 0 saturated carbocycles. The predicted molar refractivity (Wildman–Crippen MR) is 100 cm³/mol. The van der Waals surface area contributed by atoms with Gasteiger partial charge >= 0.3 is 0 Å². The number of aromatic nitrogens is 5. The second-order valence-corrected chi connectivity index (χ2v) is 7.38. The SMILES string of the molecule is Cn1cc(-c2cnn3c(N)c(Br)c(C4CCCB(C#N)C4)nc23)cn1. The van der Waals surface area contributed by atoms with Crippen LogP contribution in [0.2, 0.25) is 12.6 Å². The molecule has 0 amide bonds. The summed E-state index contributed by atoms with van der Waals surface area (Å²) >= 11 is 3.60. The Bertz CT molecular complexity index is 986. The molecule has 2 N–H and O–H groups in total. The van der Waals surface area contributed by atoms with Crippen molar-refractivity contribution >= 4 is 34.1 Å². The molecule has 126 valence electrons. The van der Waals surface area contributed by atoms with Gasteiger partial charge in [-0.2, -0.15) is 14.7 Å². The maximum atomic E-state index is 9.28. The average Bonchev–Trinajstić information content (AvgIpc) is 3.24. The van der Waals surface area contributed by atoms with Crippen molar-refractivity contribution in [2.75, 3.05) is 5.73 Å². The van der Waals surface area contributed by atoms with Crippen LogP contribution in [0.3, 0.4) is 0 Å². The lowest BCUT2D eigenvalue weighted by Crippen LogP contribution is -2.21. The smallest absolute Gasteiger partial charge is 0.268 e. The predicted octanol–water partition coefficient (Wildman–Crippen LogP) is 2.91. The molecule has 4 heterocycles. The molecule has 9 heteroatoms. The molecule has 3 aromatic rings. The Morgan fingerprint density at radius 3 is 2.96 bits per heavy atom. The highest BCUT2D eigenvalue weighted by Gasteiger charge is 2.30. The Labute approximate surface area is 154 Å². The van der Waals surface area contributed by atoms with E-state index >= 15 is 0 Å². The summed E-state index contributed by atoms with van der Waals surface area (Å²) < 4.78 is 4.19. The number of hydrogen-bond donors (Lipinski definition) is 1. The van der Waals surface area contributed by atoms with Gasteiger partial charge in [-0.15, -0.1) is 0 Å². The van der Waals surface area contributed by atoms with Crippen molar-refractivity contribution in [3.05, 3.63) is 28.8 Å². The molecule has 1 aliphatic heterocycles. The molecule has 1 aliphatic rings. The normalized spacial score (nSPS) is 17.8. The number of nitrogens with two attached hydrogens (primary N) is 1. The molecule has 0 aromatic carbocycles. The third-order valence-electron chi connectivity index (χ3n) is 4.91. The van der Waals surface area contributed by atoms with E-state index in [4.69, 9.17) is 10.7 Å². The van der Waals surface area contributed by atoms with Crippen LogP contribution in [0.15, 0.2) is 23.1 Å². The number of fused-ring (bicyclic) bond motifs is 1. The van der Waals surface area contributed by atoms with Crippen molar-refractivity contribution in [2.24, 2.45) is 7.05 Å². The molecule has 1 fully saturated rings. The summed E-state index contributed by atoms with van der Waals surface area (Å²) in [4.78, 5) is 4.90. The van der Waals surface area contributed by atoms with Crippen LogP contribution in [0.5, 0.6) is 0 Å². The second kappa shape index (κ2) is 6.19. The zero-order valence-electron chi connectivity index (χ0n) is 13.9. The standard InChI is InChI=1S/C16H17BBrN7/c1-24-8-11(6-21-24)12-7-22-25-15(20)13(18)14(23-16(12)25)10-3-2-4-17(5-10)9-19/h6-8,10H,2-5,20H2,1H3. The van der Waals surface area contributed by atoms with Gasteiger partial charge in [-0.25, -0.2) is 10.2 Å². The number of rotatable bonds is 2. The summed E-state index contributed by atoms with van der Waals surface area (Å²) in [7, 11) is 1.88. The Morgan fingerprint density at radius 1 is 1.40 bits per heavy atom. The summed E-state index contributed by atoms with van der Waals surface area (Å²) in [6.45, 7) is 0.0904. The first-order chi connectivity index (χ1) is 12.1. The van der Waals surface area contributed by atoms with Crippen LogP contribution in [-0.2, 0) is 7.05 Å². The van der Waals surface area contributed by atoms with Crippen molar-refractivity contribution in [3.63, 3.8) is 0 Å². The second-order valence-electron chi connectivity index (χ2n) is 6.58. The molecular weight excluding hydrogens is 381 g/mol. The molecule has 4 rings (SSSR count). The zero-order chi connectivity index (χ0) is 17.6. The van der Waals surface area contributed by atoms with E-state index in [2.05, 4.69) is 32.1 Å². The third-order valence-corrected chi connectivity index (χ3v) is 5.72. The van der Waals surface area contributed by atoms with E-state index in [0.29, 0.717) is 5.82 Å². The third kappa shape index (κ3) is 2.70. The lowest BCUT2D eigenvalue weighted by molar-refractivity contribution is 0.612.